The fourth-order valence-corrected chi connectivity index (χ4v) is 3.87. The molecule has 2 heterocycles. The van der Waals surface area contributed by atoms with E-state index < -0.39 is 18.6 Å². The van der Waals surface area contributed by atoms with E-state index in [0.29, 0.717) is 6.42 Å². The van der Waals surface area contributed by atoms with Crippen molar-refractivity contribution in [2.45, 2.75) is 44.5 Å². The lowest BCUT2D eigenvalue weighted by atomic mass is 9.95. The molecule has 1 amide bonds. The molecule has 4 N–H and O–H groups in total. The number of rotatable bonds is 7. The standard InChI is InChI=1S/C18H27F2N5O3/c1-4-13(10-5-7-11(8-6-10)28-17(19)20)25-15-14(12(9-26)23-25)16(27)22-18(21-15)24(2)3/h5-8,12-15,17-18,21,23,26H,4,9H2,1-3H3,(H,22,27). The minimum Gasteiger partial charge on any atom is -0.435 e. The lowest BCUT2D eigenvalue weighted by Crippen LogP contribution is -2.68. The summed E-state index contributed by atoms with van der Waals surface area (Å²) in [7, 11) is 3.71. The number of alkyl halides is 2. The maximum atomic E-state index is 12.7. The Morgan fingerprint density at radius 3 is 2.50 bits per heavy atom. The van der Waals surface area contributed by atoms with E-state index in [4.69, 9.17) is 0 Å². The van der Waals surface area contributed by atoms with Gasteiger partial charge < -0.3 is 15.2 Å². The van der Waals surface area contributed by atoms with Crippen LogP contribution in [0.5, 0.6) is 5.75 Å². The third-order valence-corrected chi connectivity index (χ3v) is 5.22. The number of hydrogen-bond acceptors (Lipinski definition) is 7. The molecule has 5 unspecified atom stereocenters. The van der Waals surface area contributed by atoms with Crippen LogP contribution >= 0.6 is 0 Å². The first-order chi connectivity index (χ1) is 13.3. The summed E-state index contributed by atoms with van der Waals surface area (Å²) in [6.45, 7) is -1.05. The van der Waals surface area contributed by atoms with E-state index >= 15 is 0 Å². The Balaban J connectivity index is 1.85. The third-order valence-electron chi connectivity index (χ3n) is 5.22. The van der Waals surface area contributed by atoms with Crippen molar-refractivity contribution in [2.75, 3.05) is 20.7 Å². The molecule has 156 valence electrons. The largest absolute Gasteiger partial charge is 0.435 e. The lowest BCUT2D eigenvalue weighted by molar-refractivity contribution is -0.133. The predicted molar refractivity (Wildman–Crippen MR) is 98.0 cm³/mol. The van der Waals surface area contributed by atoms with Gasteiger partial charge in [-0.25, -0.2) is 10.4 Å². The van der Waals surface area contributed by atoms with Crippen LogP contribution in [-0.2, 0) is 4.79 Å². The Morgan fingerprint density at radius 1 is 1.29 bits per heavy atom. The Hall–Kier alpha value is -1.85. The molecule has 0 bridgehead atoms. The Labute approximate surface area is 162 Å². The minimum atomic E-state index is -2.87. The highest BCUT2D eigenvalue weighted by molar-refractivity contribution is 5.81. The van der Waals surface area contributed by atoms with Gasteiger partial charge in [-0.15, -0.1) is 0 Å². The molecular formula is C18H27F2N5O3. The van der Waals surface area contributed by atoms with Crippen molar-refractivity contribution in [1.82, 2.24) is 26.0 Å². The number of hydrazine groups is 1. The molecule has 0 radical (unpaired) electrons. The zero-order valence-corrected chi connectivity index (χ0v) is 16.1. The first-order valence-corrected chi connectivity index (χ1v) is 9.28. The third kappa shape index (κ3) is 4.11. The van der Waals surface area contributed by atoms with Crippen molar-refractivity contribution in [3.8, 4) is 5.75 Å². The maximum Gasteiger partial charge on any atom is 0.387 e. The lowest BCUT2D eigenvalue weighted by Gasteiger charge is -2.41. The van der Waals surface area contributed by atoms with E-state index in [0.717, 1.165) is 5.56 Å². The number of amides is 1. The van der Waals surface area contributed by atoms with Crippen molar-refractivity contribution >= 4 is 5.91 Å². The van der Waals surface area contributed by atoms with E-state index in [-0.39, 0.29) is 36.8 Å². The fourth-order valence-electron chi connectivity index (χ4n) is 3.87. The Morgan fingerprint density at radius 2 is 1.96 bits per heavy atom. The summed E-state index contributed by atoms with van der Waals surface area (Å²) in [5, 5.41) is 18.0. The highest BCUT2D eigenvalue weighted by atomic mass is 19.3. The average molecular weight is 399 g/mol. The zero-order valence-electron chi connectivity index (χ0n) is 16.1. The number of aliphatic hydroxyl groups excluding tert-OH is 1. The first-order valence-electron chi connectivity index (χ1n) is 9.28. The van der Waals surface area contributed by atoms with Gasteiger partial charge in [-0.2, -0.15) is 8.78 Å². The molecule has 3 rings (SSSR count). The molecule has 1 aromatic carbocycles. The van der Waals surface area contributed by atoms with Crippen LogP contribution in [0.2, 0.25) is 0 Å². The smallest absolute Gasteiger partial charge is 0.387 e. The summed E-state index contributed by atoms with van der Waals surface area (Å²) >= 11 is 0. The first kappa shape index (κ1) is 20.9. The van der Waals surface area contributed by atoms with Gasteiger partial charge >= 0.3 is 6.61 Å². The van der Waals surface area contributed by atoms with Crippen molar-refractivity contribution in [2.24, 2.45) is 5.92 Å². The van der Waals surface area contributed by atoms with E-state index in [2.05, 4.69) is 20.8 Å². The quantitative estimate of drug-likeness (QED) is 0.529. The minimum absolute atomic E-state index is 0.0944. The summed E-state index contributed by atoms with van der Waals surface area (Å²) in [6, 6.07) is 5.93. The molecule has 0 aliphatic carbocycles. The van der Waals surface area contributed by atoms with Gasteiger partial charge in [-0.1, -0.05) is 19.1 Å². The molecule has 2 aliphatic heterocycles. The van der Waals surface area contributed by atoms with E-state index in [1.807, 2.05) is 30.9 Å². The van der Waals surface area contributed by atoms with E-state index in [1.54, 1.807) is 12.1 Å². The molecule has 2 fully saturated rings. The number of carbonyl (C=O) groups excluding carboxylic acids is 1. The van der Waals surface area contributed by atoms with Crippen molar-refractivity contribution in [3.05, 3.63) is 29.8 Å². The number of ether oxygens (including phenoxy) is 1. The van der Waals surface area contributed by atoms with Crippen LogP contribution in [0, 0.1) is 5.92 Å². The summed E-state index contributed by atoms with van der Waals surface area (Å²) in [5.74, 6) is -0.499. The number of benzene rings is 1. The molecule has 10 heteroatoms. The summed E-state index contributed by atoms with van der Waals surface area (Å²) in [5.41, 5.74) is 4.15. The Bertz CT molecular complexity index is 676. The topological polar surface area (TPSA) is 89.1 Å². The SMILES string of the molecule is CCC(c1ccc(OC(F)F)cc1)N1NC(CO)C2C(=O)NC(N(C)C)NC21. The van der Waals surface area contributed by atoms with Crippen LogP contribution in [-0.4, -0.2) is 66.7 Å². The second-order valence-electron chi connectivity index (χ2n) is 7.21. The van der Waals surface area contributed by atoms with Gasteiger partial charge in [-0.05, 0) is 38.2 Å². The molecule has 5 atom stereocenters. The van der Waals surface area contributed by atoms with Gasteiger partial charge in [0, 0.05) is 0 Å². The number of aliphatic hydroxyl groups is 1. The van der Waals surface area contributed by atoms with Crippen molar-refractivity contribution in [1.29, 1.82) is 0 Å². The second-order valence-corrected chi connectivity index (χ2v) is 7.21. The second kappa shape index (κ2) is 8.66. The molecule has 28 heavy (non-hydrogen) atoms. The number of fused-ring (bicyclic) bond motifs is 1. The van der Waals surface area contributed by atoms with E-state index in [1.165, 1.54) is 12.1 Å². The molecular weight excluding hydrogens is 372 g/mol. The zero-order chi connectivity index (χ0) is 20.4. The van der Waals surface area contributed by atoms with Gasteiger partial charge in [-0.3, -0.25) is 15.0 Å². The van der Waals surface area contributed by atoms with Gasteiger partial charge in [0.15, 0.2) is 0 Å². The number of nitrogens with zero attached hydrogens (tertiary/aromatic N) is 2. The molecule has 2 aliphatic rings. The van der Waals surface area contributed by atoms with Crippen LogP contribution in [0.15, 0.2) is 24.3 Å². The number of nitrogens with one attached hydrogen (secondary N) is 3. The van der Waals surface area contributed by atoms with Crippen LogP contribution in [0.4, 0.5) is 8.78 Å². The van der Waals surface area contributed by atoms with Gasteiger partial charge in [0.1, 0.15) is 12.0 Å². The highest BCUT2D eigenvalue weighted by Gasteiger charge is 2.51. The monoisotopic (exact) mass is 399 g/mol. The summed E-state index contributed by atoms with van der Waals surface area (Å²) in [4.78, 5) is 14.5. The molecule has 8 nitrogen and oxygen atoms in total. The predicted octanol–water partition coefficient (Wildman–Crippen LogP) is 0.427. The molecule has 0 spiro atoms. The normalized spacial score (nSPS) is 29.1. The maximum absolute atomic E-state index is 12.7. The Kier molecular flexibility index (Phi) is 6.46. The number of hydrogen-bond donors (Lipinski definition) is 4. The van der Waals surface area contributed by atoms with Crippen LogP contribution in [0.3, 0.4) is 0 Å². The van der Waals surface area contributed by atoms with Crippen LogP contribution in [0.1, 0.15) is 24.9 Å². The fraction of sp³-hybridized carbons (Fsp3) is 0.611. The van der Waals surface area contributed by atoms with Crippen LogP contribution < -0.4 is 20.8 Å². The van der Waals surface area contributed by atoms with Gasteiger partial charge in [0.25, 0.3) is 0 Å². The number of carbonyl (C=O) groups is 1. The average Bonchev–Trinajstić information content (AvgIpc) is 3.02. The van der Waals surface area contributed by atoms with Gasteiger partial charge in [0.2, 0.25) is 5.91 Å². The van der Waals surface area contributed by atoms with Crippen molar-refractivity contribution < 1.29 is 23.4 Å². The molecule has 0 saturated carbocycles. The highest BCUT2D eigenvalue weighted by Crippen LogP contribution is 2.34. The molecule has 1 aromatic rings. The van der Waals surface area contributed by atoms with Crippen LogP contribution in [0.25, 0.3) is 0 Å². The molecule has 2 saturated heterocycles. The molecule has 0 aromatic heterocycles. The van der Waals surface area contributed by atoms with E-state index in [9.17, 15) is 18.7 Å². The van der Waals surface area contributed by atoms with Crippen molar-refractivity contribution in [3.63, 3.8) is 0 Å². The van der Waals surface area contributed by atoms with Gasteiger partial charge in [0.05, 0.1) is 30.8 Å². The summed E-state index contributed by atoms with van der Waals surface area (Å²) < 4.78 is 29.2. The number of halogens is 2. The summed E-state index contributed by atoms with van der Waals surface area (Å²) in [6.07, 6.45) is 0.0364.